The van der Waals surface area contributed by atoms with Gasteiger partial charge < -0.3 is 24.8 Å². The summed E-state index contributed by atoms with van der Waals surface area (Å²) in [7, 11) is 0. The number of hydrogen-bond acceptors (Lipinski definition) is 8. The van der Waals surface area contributed by atoms with E-state index >= 15 is 4.39 Å². The number of amides is 1. The number of carbonyl (C=O) groups is 1. The molecular weight excluding hydrogens is 465 g/mol. The van der Waals surface area contributed by atoms with Crippen LogP contribution in [-0.2, 0) is 4.74 Å². The number of nitrogens with zero attached hydrogens (tertiary/aromatic N) is 3. The van der Waals surface area contributed by atoms with Crippen LogP contribution in [0, 0.1) is 12.7 Å². The molecule has 0 radical (unpaired) electrons. The van der Waals surface area contributed by atoms with E-state index in [9.17, 15) is 4.79 Å². The van der Waals surface area contributed by atoms with Gasteiger partial charge in [0.05, 0.1) is 5.69 Å². The number of fused-ring (bicyclic) bond motifs is 2. The van der Waals surface area contributed by atoms with Gasteiger partial charge in [-0.1, -0.05) is 0 Å². The Morgan fingerprint density at radius 2 is 1.92 bits per heavy atom. The Balaban J connectivity index is 1.34. The Bertz CT molecular complexity index is 1310. The number of rotatable bonds is 4. The van der Waals surface area contributed by atoms with Crippen molar-refractivity contribution in [3.05, 3.63) is 35.9 Å². The van der Waals surface area contributed by atoms with E-state index in [1.807, 2.05) is 33.8 Å². The third-order valence-electron chi connectivity index (χ3n) is 6.18. The van der Waals surface area contributed by atoms with Gasteiger partial charge in [-0.3, -0.25) is 0 Å². The molecule has 10 heteroatoms. The number of benzene rings is 1. The summed E-state index contributed by atoms with van der Waals surface area (Å²) in [4.78, 5) is 25.4. The Morgan fingerprint density at radius 1 is 1.14 bits per heavy atom. The predicted octanol–water partition coefficient (Wildman–Crippen LogP) is 4.77. The number of alkyl carbamates (subject to hydrolysis) is 1. The first-order valence-corrected chi connectivity index (χ1v) is 12.2. The largest absolute Gasteiger partial charge is 0.484 e. The molecule has 190 valence electrons. The maximum atomic E-state index is 15.3. The van der Waals surface area contributed by atoms with E-state index in [0.717, 1.165) is 12.8 Å². The maximum Gasteiger partial charge on any atom is 0.407 e. The van der Waals surface area contributed by atoms with Crippen LogP contribution < -0.4 is 20.1 Å². The van der Waals surface area contributed by atoms with Gasteiger partial charge in [0, 0.05) is 29.2 Å². The molecule has 2 N–H and O–H groups in total. The average molecular weight is 496 g/mol. The summed E-state index contributed by atoms with van der Waals surface area (Å²) in [5.41, 5.74) is 1.71. The monoisotopic (exact) mass is 495 g/mol. The fourth-order valence-corrected chi connectivity index (χ4v) is 4.64. The first-order chi connectivity index (χ1) is 17.2. The van der Waals surface area contributed by atoms with E-state index in [1.165, 1.54) is 6.07 Å². The van der Waals surface area contributed by atoms with Crippen molar-refractivity contribution in [1.82, 2.24) is 20.3 Å². The molecule has 1 aliphatic heterocycles. The summed E-state index contributed by atoms with van der Waals surface area (Å²) in [5, 5.41) is 6.85. The molecule has 36 heavy (non-hydrogen) atoms. The number of halogens is 1. The van der Waals surface area contributed by atoms with E-state index in [1.54, 1.807) is 12.3 Å². The summed E-state index contributed by atoms with van der Waals surface area (Å²) >= 11 is 0. The van der Waals surface area contributed by atoms with Crippen molar-refractivity contribution in [1.29, 1.82) is 0 Å². The first-order valence-electron chi connectivity index (χ1n) is 12.2. The van der Waals surface area contributed by atoms with Gasteiger partial charge in [-0.15, -0.1) is 0 Å². The SMILES string of the molecule is Cc1nc(N[C@@H]2CC[C@H](NC(=O)OC(C)(C)C)C2)nc2c(F)cc(-c3ccnc4c3OCCO4)cc12. The Morgan fingerprint density at radius 3 is 2.72 bits per heavy atom. The van der Waals surface area contributed by atoms with Crippen molar-refractivity contribution in [2.75, 3.05) is 18.5 Å². The smallest absolute Gasteiger partial charge is 0.407 e. The lowest BCUT2D eigenvalue weighted by Gasteiger charge is -2.22. The molecule has 2 aromatic heterocycles. The molecule has 9 nitrogen and oxygen atoms in total. The topological polar surface area (TPSA) is 107 Å². The van der Waals surface area contributed by atoms with E-state index in [2.05, 4.69) is 25.6 Å². The molecule has 1 fully saturated rings. The Labute approximate surface area is 208 Å². The van der Waals surface area contributed by atoms with Crippen molar-refractivity contribution < 1.29 is 23.4 Å². The standard InChI is InChI=1S/C26H30FN5O4/c1-14-19-11-15(18-7-8-28-23-22(18)34-9-10-35-23)12-20(27)21(19)32-24(29-14)30-16-5-6-17(13-16)31-25(33)36-26(2,3)4/h7-8,11-12,16-17H,5-6,9-10,13H2,1-4H3,(H,31,33)(H,29,30,32)/t16-,17+/m1/s1. The summed E-state index contributed by atoms with van der Waals surface area (Å²) < 4.78 is 32.0. The molecule has 1 aliphatic carbocycles. The van der Waals surface area contributed by atoms with Crippen molar-refractivity contribution in [3.63, 3.8) is 0 Å². The lowest BCUT2D eigenvalue weighted by molar-refractivity contribution is 0.0505. The van der Waals surface area contributed by atoms with E-state index < -0.39 is 17.5 Å². The lowest BCUT2D eigenvalue weighted by Crippen LogP contribution is -2.38. The van der Waals surface area contributed by atoms with E-state index in [4.69, 9.17) is 14.2 Å². The van der Waals surface area contributed by atoms with Crippen LogP contribution in [0.25, 0.3) is 22.0 Å². The summed E-state index contributed by atoms with van der Waals surface area (Å²) in [6, 6.07) is 5.15. The van der Waals surface area contributed by atoms with Crippen LogP contribution in [0.3, 0.4) is 0 Å². The summed E-state index contributed by atoms with van der Waals surface area (Å²) in [6.07, 6.45) is 3.54. The molecule has 2 atom stereocenters. The third kappa shape index (κ3) is 5.12. The van der Waals surface area contributed by atoms with Gasteiger partial charge in [-0.05, 0) is 70.7 Å². The average Bonchev–Trinajstić information content (AvgIpc) is 3.24. The lowest BCUT2D eigenvalue weighted by atomic mass is 10.0. The fourth-order valence-electron chi connectivity index (χ4n) is 4.64. The fraction of sp³-hybridized carbons (Fsp3) is 0.462. The summed E-state index contributed by atoms with van der Waals surface area (Å²) in [5.74, 6) is 0.833. The predicted molar refractivity (Wildman–Crippen MR) is 133 cm³/mol. The van der Waals surface area contributed by atoms with Gasteiger partial charge in [0.15, 0.2) is 5.75 Å². The molecule has 0 spiro atoms. The van der Waals surface area contributed by atoms with Gasteiger partial charge >= 0.3 is 6.09 Å². The molecule has 0 unspecified atom stereocenters. The first kappa shape index (κ1) is 24.0. The van der Waals surface area contributed by atoms with Gasteiger partial charge in [0.1, 0.15) is 30.1 Å². The van der Waals surface area contributed by atoms with Gasteiger partial charge in [0.2, 0.25) is 5.95 Å². The maximum absolute atomic E-state index is 15.3. The zero-order chi connectivity index (χ0) is 25.4. The highest BCUT2D eigenvalue weighted by Gasteiger charge is 2.28. The number of ether oxygens (including phenoxy) is 3. The third-order valence-corrected chi connectivity index (χ3v) is 6.18. The number of nitrogens with one attached hydrogen (secondary N) is 2. The highest BCUT2D eigenvalue weighted by molar-refractivity contribution is 5.89. The van der Waals surface area contributed by atoms with Crippen molar-refractivity contribution in [2.45, 2.75) is 64.6 Å². The van der Waals surface area contributed by atoms with Crippen LogP contribution in [-0.4, -0.2) is 51.9 Å². The van der Waals surface area contributed by atoms with Crippen LogP contribution in [0.2, 0.25) is 0 Å². The van der Waals surface area contributed by atoms with Crippen LogP contribution in [0.15, 0.2) is 24.4 Å². The Hall–Kier alpha value is -3.69. The highest BCUT2D eigenvalue weighted by atomic mass is 19.1. The van der Waals surface area contributed by atoms with Crippen molar-refractivity contribution >= 4 is 22.9 Å². The summed E-state index contributed by atoms with van der Waals surface area (Å²) in [6.45, 7) is 8.17. The second kappa shape index (κ2) is 9.40. The Kier molecular flexibility index (Phi) is 6.27. The zero-order valence-corrected chi connectivity index (χ0v) is 20.9. The number of aryl methyl sites for hydroxylation is 1. The number of aromatic nitrogens is 3. The van der Waals surface area contributed by atoms with Crippen LogP contribution in [0.1, 0.15) is 45.7 Å². The number of hydrogen-bond donors (Lipinski definition) is 2. The molecule has 1 aromatic carbocycles. The molecule has 0 saturated heterocycles. The molecule has 1 saturated carbocycles. The van der Waals surface area contributed by atoms with Crippen LogP contribution >= 0.6 is 0 Å². The van der Waals surface area contributed by atoms with Crippen molar-refractivity contribution in [2.24, 2.45) is 0 Å². The molecule has 5 rings (SSSR count). The second-order valence-electron chi connectivity index (χ2n) is 10.2. The molecule has 2 aliphatic rings. The minimum atomic E-state index is -0.543. The molecule has 0 bridgehead atoms. The second-order valence-corrected chi connectivity index (χ2v) is 10.2. The molecule has 1 amide bonds. The minimum Gasteiger partial charge on any atom is -0.484 e. The van der Waals surface area contributed by atoms with Gasteiger partial charge in [0.25, 0.3) is 5.88 Å². The number of pyridine rings is 1. The highest BCUT2D eigenvalue weighted by Crippen LogP contribution is 2.39. The quantitative estimate of drug-likeness (QED) is 0.533. The van der Waals surface area contributed by atoms with Gasteiger partial charge in [-0.25, -0.2) is 24.1 Å². The number of carbonyl (C=O) groups excluding carboxylic acids is 1. The molecular formula is C26H30FN5O4. The van der Waals surface area contributed by atoms with Crippen LogP contribution in [0.4, 0.5) is 15.1 Å². The van der Waals surface area contributed by atoms with Crippen LogP contribution in [0.5, 0.6) is 11.6 Å². The van der Waals surface area contributed by atoms with Gasteiger partial charge in [-0.2, -0.15) is 0 Å². The number of anilines is 1. The van der Waals surface area contributed by atoms with E-state index in [-0.39, 0.29) is 17.6 Å². The van der Waals surface area contributed by atoms with E-state index in [0.29, 0.717) is 59.4 Å². The zero-order valence-electron chi connectivity index (χ0n) is 20.9. The molecule has 3 aromatic rings. The normalized spacial score (nSPS) is 19.2. The minimum absolute atomic E-state index is 0.00399. The molecule has 3 heterocycles. The van der Waals surface area contributed by atoms with Crippen molar-refractivity contribution in [3.8, 4) is 22.8 Å².